The second-order valence-electron chi connectivity index (χ2n) is 6.64. The molecule has 0 spiro atoms. The minimum absolute atomic E-state index is 0.252. The molecular weight excluding hydrogens is 489 g/mol. The molecule has 2 N–H and O–H groups in total. The summed E-state index contributed by atoms with van der Waals surface area (Å²) >= 11 is 17.7. The number of halogens is 3. The largest absolute Gasteiger partial charge is 0.423 e. The normalized spacial score (nSPS) is 11.0. The number of hydrogen-bond acceptors (Lipinski definition) is 5. The predicted molar refractivity (Wildman–Crippen MR) is 128 cm³/mol. The van der Waals surface area contributed by atoms with Gasteiger partial charge in [0, 0.05) is 15.7 Å². The van der Waals surface area contributed by atoms with Crippen LogP contribution in [0.15, 0.2) is 71.8 Å². The molecule has 3 aromatic carbocycles. The number of amides is 2. The number of esters is 1. The second-order valence-corrected chi connectivity index (χ2v) is 7.92. The molecule has 0 heterocycles. The third-order valence-corrected chi connectivity index (χ3v) is 4.99. The van der Waals surface area contributed by atoms with Gasteiger partial charge in [-0.15, -0.1) is 0 Å². The average molecular weight is 505 g/mol. The predicted octanol–water partition coefficient (Wildman–Crippen LogP) is 5.34. The van der Waals surface area contributed by atoms with Crippen LogP contribution in [-0.4, -0.2) is 23.5 Å². The Morgan fingerprint density at radius 3 is 2.12 bits per heavy atom. The molecule has 168 valence electrons. The first-order chi connectivity index (χ1) is 15.7. The maximum atomic E-state index is 12.2. The summed E-state index contributed by atoms with van der Waals surface area (Å²) in [7, 11) is 0. The van der Waals surface area contributed by atoms with Crippen molar-refractivity contribution in [2.45, 2.75) is 6.92 Å². The van der Waals surface area contributed by atoms with Crippen molar-refractivity contribution in [3.8, 4) is 5.75 Å². The van der Waals surface area contributed by atoms with Crippen LogP contribution in [0.3, 0.4) is 0 Å². The van der Waals surface area contributed by atoms with E-state index in [9.17, 15) is 14.4 Å². The Hall–Kier alpha value is -3.39. The SMILES string of the molecule is C/C(=N\NC(=O)C(=O)Nc1cc(Cl)cc(Cl)c1)c1ccc(OC(=O)c2ccccc2Cl)cc1. The minimum Gasteiger partial charge on any atom is -0.423 e. The van der Waals surface area contributed by atoms with Crippen molar-refractivity contribution in [1.82, 2.24) is 5.43 Å². The van der Waals surface area contributed by atoms with Crippen molar-refractivity contribution in [2.75, 3.05) is 5.32 Å². The van der Waals surface area contributed by atoms with Gasteiger partial charge >= 0.3 is 17.8 Å². The van der Waals surface area contributed by atoms with E-state index in [2.05, 4.69) is 15.8 Å². The molecule has 2 amide bonds. The molecule has 0 saturated carbocycles. The second kappa shape index (κ2) is 11.0. The first-order valence-corrected chi connectivity index (χ1v) is 10.5. The fraction of sp³-hybridized carbons (Fsp3) is 0.0435. The van der Waals surface area contributed by atoms with Gasteiger partial charge in [0.2, 0.25) is 0 Å². The van der Waals surface area contributed by atoms with Gasteiger partial charge in [0.25, 0.3) is 0 Å². The summed E-state index contributed by atoms with van der Waals surface area (Å²) in [5.74, 6) is -2.19. The van der Waals surface area contributed by atoms with E-state index in [-0.39, 0.29) is 11.3 Å². The van der Waals surface area contributed by atoms with Gasteiger partial charge in [-0.3, -0.25) is 9.59 Å². The molecule has 3 rings (SSSR count). The molecule has 0 atom stereocenters. The number of ether oxygens (including phenoxy) is 1. The van der Waals surface area contributed by atoms with Gasteiger partial charge in [0.05, 0.1) is 16.3 Å². The fourth-order valence-electron chi connectivity index (χ4n) is 2.62. The lowest BCUT2D eigenvalue weighted by atomic mass is 10.1. The van der Waals surface area contributed by atoms with Crippen LogP contribution < -0.4 is 15.5 Å². The Bertz CT molecular complexity index is 1220. The van der Waals surface area contributed by atoms with Gasteiger partial charge in [0.1, 0.15) is 5.75 Å². The van der Waals surface area contributed by atoms with Gasteiger partial charge in [-0.05, 0) is 67.1 Å². The maximum Gasteiger partial charge on any atom is 0.345 e. The topological polar surface area (TPSA) is 96.9 Å². The first kappa shape index (κ1) is 24.3. The summed E-state index contributed by atoms with van der Waals surface area (Å²) in [6, 6.07) is 17.4. The Morgan fingerprint density at radius 2 is 1.48 bits per heavy atom. The number of anilines is 1. The average Bonchev–Trinajstić information content (AvgIpc) is 2.77. The zero-order valence-electron chi connectivity index (χ0n) is 17.1. The highest BCUT2D eigenvalue weighted by Crippen LogP contribution is 2.22. The molecule has 0 aliphatic heterocycles. The Labute approximate surface area is 204 Å². The molecule has 0 saturated heterocycles. The van der Waals surface area contributed by atoms with Crippen LogP contribution in [0, 0.1) is 0 Å². The lowest BCUT2D eigenvalue weighted by Crippen LogP contribution is -2.32. The van der Waals surface area contributed by atoms with Gasteiger partial charge in [-0.1, -0.05) is 46.9 Å². The molecule has 0 aliphatic rings. The molecule has 10 heteroatoms. The van der Waals surface area contributed by atoms with Crippen LogP contribution in [0.5, 0.6) is 5.75 Å². The highest BCUT2D eigenvalue weighted by atomic mass is 35.5. The van der Waals surface area contributed by atoms with E-state index in [1.165, 1.54) is 18.2 Å². The molecule has 0 bridgehead atoms. The summed E-state index contributed by atoms with van der Waals surface area (Å²) in [5, 5.41) is 7.22. The highest BCUT2D eigenvalue weighted by molar-refractivity contribution is 6.40. The molecule has 0 aromatic heterocycles. The molecule has 0 unspecified atom stereocenters. The van der Waals surface area contributed by atoms with Gasteiger partial charge in [-0.2, -0.15) is 5.10 Å². The van der Waals surface area contributed by atoms with Crippen LogP contribution >= 0.6 is 34.8 Å². The molecule has 0 fully saturated rings. The van der Waals surface area contributed by atoms with E-state index >= 15 is 0 Å². The van der Waals surface area contributed by atoms with E-state index in [4.69, 9.17) is 39.5 Å². The summed E-state index contributed by atoms with van der Waals surface area (Å²) in [4.78, 5) is 36.3. The van der Waals surface area contributed by atoms with Gasteiger partial charge < -0.3 is 10.1 Å². The van der Waals surface area contributed by atoms with E-state index < -0.39 is 17.8 Å². The summed E-state index contributed by atoms with van der Waals surface area (Å²) in [5.41, 5.74) is 3.76. The standard InChI is InChI=1S/C23H16Cl3N3O4/c1-13(28-29-22(31)21(30)27-17-11-15(24)10-16(25)12-17)14-6-8-18(9-7-14)33-23(32)19-4-2-3-5-20(19)26/h2-12H,1H3,(H,27,30)(H,29,31)/b28-13+. The van der Waals surface area contributed by atoms with Crippen molar-refractivity contribution in [2.24, 2.45) is 5.10 Å². The summed E-state index contributed by atoms with van der Waals surface area (Å²) in [6.07, 6.45) is 0. The summed E-state index contributed by atoms with van der Waals surface area (Å²) in [6.45, 7) is 1.64. The number of carbonyl (C=O) groups is 3. The smallest absolute Gasteiger partial charge is 0.345 e. The molecule has 7 nitrogen and oxygen atoms in total. The molecule has 0 aliphatic carbocycles. The first-order valence-electron chi connectivity index (χ1n) is 9.42. The zero-order chi connectivity index (χ0) is 24.0. The number of nitrogens with zero attached hydrogens (tertiary/aromatic N) is 1. The molecule has 3 aromatic rings. The van der Waals surface area contributed by atoms with E-state index in [1.54, 1.807) is 55.5 Å². The minimum atomic E-state index is -0.976. The Kier molecular flexibility index (Phi) is 8.06. The van der Waals surface area contributed by atoms with Gasteiger partial charge in [0.15, 0.2) is 0 Å². The number of hydrogen-bond donors (Lipinski definition) is 2. The molecule has 0 radical (unpaired) electrons. The highest BCUT2D eigenvalue weighted by Gasteiger charge is 2.15. The number of carbonyl (C=O) groups excluding carboxylic acids is 3. The number of rotatable bonds is 5. The van der Waals surface area contributed by atoms with Crippen molar-refractivity contribution < 1.29 is 19.1 Å². The zero-order valence-corrected chi connectivity index (χ0v) is 19.3. The quantitative estimate of drug-likeness (QED) is 0.161. The van der Waals surface area contributed by atoms with E-state index in [0.717, 1.165) is 0 Å². The maximum absolute atomic E-state index is 12.2. The van der Waals surface area contributed by atoms with Crippen molar-refractivity contribution in [3.63, 3.8) is 0 Å². The van der Waals surface area contributed by atoms with Crippen LogP contribution in [-0.2, 0) is 9.59 Å². The monoisotopic (exact) mass is 503 g/mol. The van der Waals surface area contributed by atoms with Crippen LogP contribution in [0.2, 0.25) is 15.1 Å². The Morgan fingerprint density at radius 1 is 0.848 bits per heavy atom. The summed E-state index contributed by atoms with van der Waals surface area (Å²) < 4.78 is 5.31. The van der Waals surface area contributed by atoms with Gasteiger partial charge in [-0.25, -0.2) is 10.2 Å². The lowest BCUT2D eigenvalue weighted by molar-refractivity contribution is -0.136. The number of hydrazone groups is 1. The third-order valence-electron chi connectivity index (χ3n) is 4.23. The van der Waals surface area contributed by atoms with Crippen molar-refractivity contribution in [3.05, 3.63) is 92.9 Å². The van der Waals surface area contributed by atoms with Crippen molar-refractivity contribution in [1.29, 1.82) is 0 Å². The number of benzene rings is 3. The van der Waals surface area contributed by atoms with Crippen LogP contribution in [0.25, 0.3) is 0 Å². The van der Waals surface area contributed by atoms with E-state index in [0.29, 0.717) is 32.1 Å². The lowest BCUT2D eigenvalue weighted by Gasteiger charge is -2.07. The van der Waals surface area contributed by atoms with E-state index in [1.807, 2.05) is 0 Å². The van der Waals surface area contributed by atoms with Crippen LogP contribution in [0.4, 0.5) is 5.69 Å². The fourth-order valence-corrected chi connectivity index (χ4v) is 3.36. The third kappa shape index (κ3) is 6.79. The molecular formula is C23H16Cl3N3O4. The number of nitrogens with one attached hydrogen (secondary N) is 2. The van der Waals surface area contributed by atoms with Crippen molar-refractivity contribution >= 4 is 64.0 Å². The Balaban J connectivity index is 1.58. The van der Waals surface area contributed by atoms with Crippen LogP contribution in [0.1, 0.15) is 22.8 Å². The molecule has 33 heavy (non-hydrogen) atoms.